The van der Waals surface area contributed by atoms with Crippen LogP contribution in [0.15, 0.2) is 0 Å². The predicted molar refractivity (Wildman–Crippen MR) is 73.7 cm³/mol. The number of likely N-dealkylation sites (tertiary alicyclic amines) is 1. The highest BCUT2D eigenvalue weighted by atomic mass is 16.2. The van der Waals surface area contributed by atoms with Crippen LogP contribution in [0, 0.1) is 5.92 Å². The minimum atomic E-state index is 0.240. The third-order valence-electron chi connectivity index (χ3n) is 4.20. The van der Waals surface area contributed by atoms with Crippen LogP contribution in [0.4, 0.5) is 0 Å². The van der Waals surface area contributed by atoms with Crippen LogP contribution in [0.1, 0.15) is 26.2 Å². The van der Waals surface area contributed by atoms with Gasteiger partial charge in [-0.25, -0.2) is 0 Å². The smallest absolute Gasteiger partial charge is 0.223 e. The molecule has 0 radical (unpaired) electrons. The van der Waals surface area contributed by atoms with Crippen molar-refractivity contribution in [1.82, 2.24) is 14.7 Å². The Bertz CT molecular complexity index is 314. The molecule has 2 rings (SSSR count). The lowest BCUT2D eigenvalue weighted by atomic mass is 10.0. The van der Waals surface area contributed by atoms with Gasteiger partial charge in [-0.05, 0) is 25.3 Å². The topological polar surface area (TPSA) is 43.9 Å². The lowest BCUT2D eigenvalue weighted by Crippen LogP contribution is -2.48. The Labute approximate surface area is 115 Å². The molecule has 1 unspecified atom stereocenters. The molecular formula is C14H25N3O2. The van der Waals surface area contributed by atoms with Gasteiger partial charge in [0.05, 0.1) is 0 Å². The summed E-state index contributed by atoms with van der Waals surface area (Å²) in [5, 5.41) is 0. The molecular weight excluding hydrogens is 242 g/mol. The van der Waals surface area contributed by atoms with Crippen LogP contribution in [0.3, 0.4) is 0 Å². The van der Waals surface area contributed by atoms with Gasteiger partial charge in [0.15, 0.2) is 0 Å². The lowest BCUT2D eigenvalue weighted by molar-refractivity contribution is -0.135. The van der Waals surface area contributed by atoms with Gasteiger partial charge in [0.1, 0.15) is 0 Å². The standard InChI is InChI=1S/C14H25N3O2/c1-13-3-2-5-15(11-13)6-4-14(19)17-9-7-16(12-18)8-10-17/h12-13H,2-11H2,1H3. The van der Waals surface area contributed by atoms with Gasteiger partial charge in [-0.1, -0.05) is 6.92 Å². The molecule has 2 fully saturated rings. The quantitative estimate of drug-likeness (QED) is 0.693. The van der Waals surface area contributed by atoms with Crippen molar-refractivity contribution in [3.05, 3.63) is 0 Å². The van der Waals surface area contributed by atoms with Gasteiger partial charge in [-0.15, -0.1) is 0 Å². The van der Waals surface area contributed by atoms with Crippen LogP contribution < -0.4 is 0 Å². The molecule has 0 saturated carbocycles. The Morgan fingerprint density at radius 1 is 1.21 bits per heavy atom. The second-order valence-corrected chi connectivity index (χ2v) is 5.82. The predicted octanol–water partition coefficient (Wildman–Crippen LogP) is 0.409. The van der Waals surface area contributed by atoms with Crippen LogP contribution in [-0.2, 0) is 9.59 Å². The molecule has 2 aliphatic rings. The molecule has 2 saturated heterocycles. The molecule has 0 aromatic rings. The Morgan fingerprint density at radius 2 is 1.95 bits per heavy atom. The third-order valence-corrected chi connectivity index (χ3v) is 4.20. The maximum absolute atomic E-state index is 12.1. The van der Waals surface area contributed by atoms with E-state index in [1.54, 1.807) is 4.90 Å². The first-order valence-corrected chi connectivity index (χ1v) is 7.38. The Morgan fingerprint density at radius 3 is 2.58 bits per heavy atom. The van der Waals surface area contributed by atoms with Gasteiger partial charge >= 0.3 is 0 Å². The van der Waals surface area contributed by atoms with Gasteiger partial charge in [0, 0.05) is 45.7 Å². The molecule has 1 atom stereocenters. The number of piperidine rings is 1. The molecule has 0 aliphatic carbocycles. The van der Waals surface area contributed by atoms with E-state index in [-0.39, 0.29) is 5.91 Å². The molecule has 5 heteroatoms. The van der Waals surface area contributed by atoms with Crippen LogP contribution >= 0.6 is 0 Å². The first-order chi connectivity index (χ1) is 9.19. The van der Waals surface area contributed by atoms with Crippen molar-refractivity contribution < 1.29 is 9.59 Å². The molecule has 19 heavy (non-hydrogen) atoms. The number of piperazine rings is 1. The van der Waals surface area contributed by atoms with Crippen molar-refractivity contribution in [3.63, 3.8) is 0 Å². The largest absolute Gasteiger partial charge is 0.342 e. The van der Waals surface area contributed by atoms with Gasteiger partial charge in [-0.2, -0.15) is 0 Å². The van der Waals surface area contributed by atoms with Crippen molar-refractivity contribution in [2.45, 2.75) is 26.2 Å². The highest BCUT2D eigenvalue weighted by Gasteiger charge is 2.21. The number of amides is 2. The van der Waals surface area contributed by atoms with E-state index in [9.17, 15) is 9.59 Å². The maximum Gasteiger partial charge on any atom is 0.223 e. The second kappa shape index (κ2) is 6.89. The average molecular weight is 267 g/mol. The highest BCUT2D eigenvalue weighted by Crippen LogP contribution is 2.15. The van der Waals surface area contributed by atoms with Gasteiger partial charge in [0.25, 0.3) is 0 Å². The molecule has 0 aromatic heterocycles. The van der Waals surface area contributed by atoms with Crippen molar-refractivity contribution in [1.29, 1.82) is 0 Å². The summed E-state index contributed by atoms with van der Waals surface area (Å²) in [4.78, 5) is 28.8. The third kappa shape index (κ3) is 4.20. The molecule has 108 valence electrons. The van der Waals surface area contributed by atoms with Crippen LogP contribution in [0.25, 0.3) is 0 Å². The Balaban J connectivity index is 1.68. The van der Waals surface area contributed by atoms with E-state index in [2.05, 4.69) is 11.8 Å². The second-order valence-electron chi connectivity index (χ2n) is 5.82. The van der Waals surface area contributed by atoms with E-state index in [0.717, 1.165) is 32.0 Å². The fraction of sp³-hybridized carbons (Fsp3) is 0.857. The molecule has 0 bridgehead atoms. The lowest BCUT2D eigenvalue weighted by Gasteiger charge is -2.34. The highest BCUT2D eigenvalue weighted by molar-refractivity contribution is 5.76. The van der Waals surface area contributed by atoms with Crippen molar-refractivity contribution in [2.24, 2.45) is 5.92 Å². The fourth-order valence-electron chi connectivity index (χ4n) is 2.98. The molecule has 2 amide bonds. The summed E-state index contributed by atoms with van der Waals surface area (Å²) in [5.41, 5.74) is 0. The summed E-state index contributed by atoms with van der Waals surface area (Å²) < 4.78 is 0. The number of hydrogen-bond acceptors (Lipinski definition) is 3. The van der Waals surface area contributed by atoms with E-state index in [4.69, 9.17) is 0 Å². The Kier molecular flexibility index (Phi) is 5.19. The van der Waals surface area contributed by atoms with Gasteiger partial charge in [-0.3, -0.25) is 9.59 Å². The first-order valence-electron chi connectivity index (χ1n) is 7.38. The molecule has 0 aromatic carbocycles. The van der Waals surface area contributed by atoms with Gasteiger partial charge in [0.2, 0.25) is 12.3 Å². The van der Waals surface area contributed by atoms with Crippen LogP contribution in [-0.4, -0.2) is 72.8 Å². The zero-order valence-corrected chi connectivity index (χ0v) is 11.9. The summed E-state index contributed by atoms with van der Waals surface area (Å²) in [7, 11) is 0. The Hall–Kier alpha value is -1.10. The van der Waals surface area contributed by atoms with Crippen molar-refractivity contribution in [3.8, 4) is 0 Å². The molecule has 0 N–H and O–H groups in total. The first kappa shape index (κ1) is 14.3. The maximum atomic E-state index is 12.1. The van der Waals surface area contributed by atoms with Crippen LogP contribution in [0.2, 0.25) is 0 Å². The molecule has 0 spiro atoms. The number of carbonyl (C=O) groups excluding carboxylic acids is 2. The molecule has 2 aliphatic heterocycles. The minimum Gasteiger partial charge on any atom is -0.342 e. The number of nitrogens with zero attached hydrogens (tertiary/aromatic N) is 3. The SMILES string of the molecule is CC1CCCN(CCC(=O)N2CCN(C=O)CC2)C1. The van der Waals surface area contributed by atoms with Crippen LogP contribution in [0.5, 0.6) is 0 Å². The zero-order valence-electron chi connectivity index (χ0n) is 11.9. The van der Waals surface area contributed by atoms with E-state index < -0.39 is 0 Å². The van der Waals surface area contributed by atoms with E-state index in [1.807, 2.05) is 4.90 Å². The summed E-state index contributed by atoms with van der Waals surface area (Å²) in [6, 6.07) is 0. The summed E-state index contributed by atoms with van der Waals surface area (Å²) in [6.07, 6.45) is 4.07. The number of carbonyl (C=O) groups is 2. The van der Waals surface area contributed by atoms with Crippen molar-refractivity contribution in [2.75, 3.05) is 45.8 Å². The summed E-state index contributed by atoms with van der Waals surface area (Å²) in [6.45, 7) is 8.17. The number of hydrogen-bond donors (Lipinski definition) is 0. The summed E-state index contributed by atoms with van der Waals surface area (Å²) in [5.74, 6) is 1.00. The zero-order chi connectivity index (χ0) is 13.7. The molecule has 5 nitrogen and oxygen atoms in total. The van der Waals surface area contributed by atoms with Gasteiger partial charge < -0.3 is 14.7 Å². The van der Waals surface area contributed by atoms with E-state index in [0.29, 0.717) is 32.6 Å². The van der Waals surface area contributed by atoms with Crippen molar-refractivity contribution >= 4 is 12.3 Å². The summed E-state index contributed by atoms with van der Waals surface area (Å²) >= 11 is 0. The van der Waals surface area contributed by atoms with E-state index in [1.165, 1.54) is 12.8 Å². The average Bonchev–Trinajstić information content (AvgIpc) is 2.45. The normalized spacial score (nSPS) is 25.4. The molecule has 2 heterocycles. The monoisotopic (exact) mass is 267 g/mol. The number of rotatable bonds is 4. The minimum absolute atomic E-state index is 0.240. The fourth-order valence-corrected chi connectivity index (χ4v) is 2.98. The van der Waals surface area contributed by atoms with E-state index >= 15 is 0 Å².